The van der Waals surface area contributed by atoms with Crippen LogP contribution in [0.2, 0.25) is 0 Å². The fourth-order valence-corrected chi connectivity index (χ4v) is 4.21. The molecule has 0 amide bonds. The van der Waals surface area contributed by atoms with Crippen molar-refractivity contribution in [2.45, 2.75) is 78.7 Å². The second-order valence-corrected chi connectivity index (χ2v) is 7.48. The van der Waals surface area contributed by atoms with Gasteiger partial charge < -0.3 is 4.74 Å². The van der Waals surface area contributed by atoms with Crippen LogP contribution in [0, 0.1) is 12.7 Å². The predicted molar refractivity (Wildman–Crippen MR) is 115 cm³/mol. The van der Waals surface area contributed by atoms with Gasteiger partial charge in [-0.15, -0.1) is 0 Å². The number of rotatable bonds is 4. The van der Waals surface area contributed by atoms with E-state index in [9.17, 15) is 4.39 Å². The van der Waals surface area contributed by atoms with Gasteiger partial charge in [-0.25, -0.2) is 4.39 Å². The fourth-order valence-electron chi connectivity index (χ4n) is 4.21. The molecule has 0 radical (unpaired) electrons. The number of aryl methyl sites for hydroxylation is 1. The third-order valence-electron chi connectivity index (χ3n) is 5.66. The average molecular weight is 373 g/mol. The molecule has 2 aromatic rings. The first-order valence-electron chi connectivity index (χ1n) is 9.91. The molecule has 1 aliphatic heterocycles. The van der Waals surface area contributed by atoms with Crippen molar-refractivity contribution < 1.29 is 9.13 Å². The third-order valence-corrected chi connectivity index (χ3v) is 5.66. The largest absolute Gasteiger partial charge is 0.375 e. The Morgan fingerprint density at radius 3 is 2.26 bits per heavy atom. The Morgan fingerprint density at radius 2 is 1.67 bits per heavy atom. The lowest BCUT2D eigenvalue weighted by molar-refractivity contribution is -0.0966. The first kappa shape index (κ1) is 23.4. The van der Waals surface area contributed by atoms with Crippen LogP contribution in [-0.2, 0) is 16.6 Å². The highest BCUT2D eigenvalue weighted by Crippen LogP contribution is 2.46. The van der Waals surface area contributed by atoms with E-state index in [0.29, 0.717) is 0 Å². The van der Waals surface area contributed by atoms with E-state index in [0.717, 1.165) is 32.3 Å². The average Bonchev–Trinajstić information content (AvgIpc) is 2.66. The molecule has 0 N–H and O–H groups in total. The Hall–Kier alpha value is -1.67. The molecule has 0 aliphatic carbocycles. The van der Waals surface area contributed by atoms with Crippen LogP contribution in [0.3, 0.4) is 0 Å². The van der Waals surface area contributed by atoms with E-state index in [1.807, 2.05) is 26.0 Å². The molecule has 0 spiro atoms. The summed E-state index contributed by atoms with van der Waals surface area (Å²) in [5.41, 5.74) is 3.89. The summed E-state index contributed by atoms with van der Waals surface area (Å²) in [4.78, 5) is 0. The first-order chi connectivity index (χ1) is 12.5. The van der Waals surface area contributed by atoms with Gasteiger partial charge in [-0.1, -0.05) is 64.6 Å². The molecular weight excluding hydrogens is 335 g/mol. The Kier molecular flexibility index (Phi) is 8.68. The maximum atomic E-state index is 13.3. The zero-order valence-electron chi connectivity index (χ0n) is 16.9. The minimum atomic E-state index is -0.172. The maximum Gasteiger partial charge on any atom is 0.123 e. The van der Waals surface area contributed by atoms with Gasteiger partial charge in [0, 0.05) is 12.0 Å². The second kappa shape index (κ2) is 10.0. The first-order valence-corrected chi connectivity index (χ1v) is 9.91. The summed E-state index contributed by atoms with van der Waals surface area (Å²) in [6.07, 6.45) is 3.94. The molecule has 1 aliphatic rings. The molecule has 1 nitrogen and oxygen atoms in total. The van der Waals surface area contributed by atoms with Crippen LogP contribution in [0.1, 0.15) is 71.1 Å². The van der Waals surface area contributed by atoms with Crippen LogP contribution in [0.4, 0.5) is 4.39 Å². The van der Waals surface area contributed by atoms with Crippen LogP contribution >= 0.6 is 0 Å². The van der Waals surface area contributed by atoms with Gasteiger partial charge in [0.15, 0.2) is 0 Å². The van der Waals surface area contributed by atoms with Gasteiger partial charge >= 0.3 is 0 Å². The molecule has 2 aromatic carbocycles. The molecule has 27 heavy (non-hydrogen) atoms. The molecule has 1 fully saturated rings. The van der Waals surface area contributed by atoms with Gasteiger partial charge in [0.05, 0.1) is 5.60 Å². The van der Waals surface area contributed by atoms with Crippen LogP contribution < -0.4 is 0 Å². The van der Waals surface area contributed by atoms with E-state index < -0.39 is 0 Å². The van der Waals surface area contributed by atoms with Crippen molar-refractivity contribution in [2.24, 2.45) is 0 Å². The SMILES string of the molecule is C.CC.CCC1(C)CC(Cc2ccc(F)cc2)(c2ccccc2C)CCO1. The van der Waals surface area contributed by atoms with Gasteiger partial charge in [-0.05, 0) is 68.4 Å². The molecular formula is C25H37FO. The summed E-state index contributed by atoms with van der Waals surface area (Å²) in [5, 5.41) is 0. The summed E-state index contributed by atoms with van der Waals surface area (Å²) in [5.74, 6) is -0.172. The molecule has 0 bridgehead atoms. The summed E-state index contributed by atoms with van der Waals surface area (Å²) in [7, 11) is 0. The number of benzene rings is 2. The number of ether oxygens (including phenoxy) is 1. The van der Waals surface area contributed by atoms with Crippen molar-refractivity contribution >= 4 is 0 Å². The van der Waals surface area contributed by atoms with Gasteiger partial charge in [0.2, 0.25) is 0 Å². The number of hydrogen-bond acceptors (Lipinski definition) is 1. The summed E-state index contributed by atoms with van der Waals surface area (Å²) in [6.45, 7) is 11.4. The van der Waals surface area contributed by atoms with E-state index in [1.165, 1.54) is 16.7 Å². The van der Waals surface area contributed by atoms with Gasteiger partial charge in [0.1, 0.15) is 5.82 Å². The lowest BCUT2D eigenvalue weighted by Gasteiger charge is -2.47. The highest BCUT2D eigenvalue weighted by Gasteiger charge is 2.44. The van der Waals surface area contributed by atoms with Crippen molar-refractivity contribution in [1.82, 2.24) is 0 Å². The summed E-state index contributed by atoms with van der Waals surface area (Å²) < 4.78 is 19.4. The Labute approximate surface area is 166 Å². The van der Waals surface area contributed by atoms with E-state index >= 15 is 0 Å². The van der Waals surface area contributed by atoms with Crippen molar-refractivity contribution in [1.29, 1.82) is 0 Å². The molecule has 2 heteroatoms. The Balaban J connectivity index is 0.00000118. The standard InChI is InChI=1S/C22H27FO.C2H6.CH4/c1-4-21(3)16-22(13-14-24-21,20-8-6-5-7-17(20)2)15-18-9-11-19(23)12-10-18;1-2;/h5-12H,4,13-16H2,1-3H3;1-2H3;1H4. The summed E-state index contributed by atoms with van der Waals surface area (Å²) in [6, 6.07) is 15.7. The van der Waals surface area contributed by atoms with Crippen molar-refractivity contribution in [3.63, 3.8) is 0 Å². The van der Waals surface area contributed by atoms with Crippen LogP contribution in [0.15, 0.2) is 48.5 Å². The molecule has 2 unspecified atom stereocenters. The van der Waals surface area contributed by atoms with E-state index in [4.69, 9.17) is 4.74 Å². The smallest absolute Gasteiger partial charge is 0.123 e. The molecule has 0 aromatic heterocycles. The van der Waals surface area contributed by atoms with Crippen molar-refractivity contribution in [2.75, 3.05) is 6.61 Å². The Morgan fingerprint density at radius 1 is 1.04 bits per heavy atom. The minimum Gasteiger partial charge on any atom is -0.375 e. The second-order valence-electron chi connectivity index (χ2n) is 7.48. The van der Waals surface area contributed by atoms with Crippen LogP contribution in [-0.4, -0.2) is 12.2 Å². The lowest BCUT2D eigenvalue weighted by Crippen LogP contribution is -2.47. The highest BCUT2D eigenvalue weighted by molar-refractivity contribution is 5.37. The molecule has 0 saturated carbocycles. The van der Waals surface area contributed by atoms with Gasteiger partial charge in [-0.2, -0.15) is 0 Å². The highest BCUT2D eigenvalue weighted by atomic mass is 19.1. The van der Waals surface area contributed by atoms with Gasteiger partial charge in [0.25, 0.3) is 0 Å². The van der Waals surface area contributed by atoms with Crippen LogP contribution in [0.5, 0.6) is 0 Å². The molecule has 1 heterocycles. The molecule has 2 atom stereocenters. The Bertz CT molecular complexity index is 694. The zero-order valence-corrected chi connectivity index (χ0v) is 16.9. The summed E-state index contributed by atoms with van der Waals surface area (Å²) >= 11 is 0. The molecule has 3 rings (SSSR count). The normalized spacial score (nSPS) is 24.4. The van der Waals surface area contributed by atoms with E-state index in [1.54, 1.807) is 12.1 Å². The van der Waals surface area contributed by atoms with Crippen molar-refractivity contribution in [3.8, 4) is 0 Å². The van der Waals surface area contributed by atoms with E-state index in [-0.39, 0.29) is 24.3 Å². The van der Waals surface area contributed by atoms with Crippen molar-refractivity contribution in [3.05, 3.63) is 71.0 Å². The minimum absolute atomic E-state index is 0. The predicted octanol–water partition coefficient (Wildman–Crippen LogP) is 7.26. The lowest BCUT2D eigenvalue weighted by atomic mass is 9.64. The third kappa shape index (κ3) is 5.42. The quantitative estimate of drug-likeness (QED) is 0.549. The van der Waals surface area contributed by atoms with E-state index in [2.05, 4.69) is 45.0 Å². The number of halogens is 1. The van der Waals surface area contributed by atoms with Gasteiger partial charge in [-0.3, -0.25) is 0 Å². The number of hydrogen-bond donors (Lipinski definition) is 0. The zero-order chi connectivity index (χ0) is 19.2. The topological polar surface area (TPSA) is 9.23 Å². The molecule has 1 saturated heterocycles. The maximum absolute atomic E-state index is 13.3. The monoisotopic (exact) mass is 372 g/mol. The molecule has 150 valence electrons. The fraction of sp³-hybridized carbons (Fsp3) is 0.520. The van der Waals surface area contributed by atoms with Crippen LogP contribution in [0.25, 0.3) is 0 Å².